The molecule has 34 heavy (non-hydrogen) atoms. The zero-order valence-corrected chi connectivity index (χ0v) is 22.0. The highest BCUT2D eigenvalue weighted by Crippen LogP contribution is 2.67. The van der Waals surface area contributed by atoms with Crippen molar-refractivity contribution >= 4 is 0 Å². The molecule has 3 saturated carbocycles. The van der Waals surface area contributed by atoms with Gasteiger partial charge in [-0.25, -0.2) is 0 Å². The summed E-state index contributed by atoms with van der Waals surface area (Å²) in [6.45, 7) is 9.77. The van der Waals surface area contributed by atoms with Crippen molar-refractivity contribution in [1.82, 2.24) is 4.98 Å². The lowest BCUT2D eigenvalue weighted by Gasteiger charge is -2.59. The van der Waals surface area contributed by atoms with Gasteiger partial charge in [0.1, 0.15) is 0 Å². The summed E-state index contributed by atoms with van der Waals surface area (Å²) in [6, 6.07) is 3.91. The fourth-order valence-corrected chi connectivity index (χ4v) is 9.35. The first-order valence-corrected chi connectivity index (χ1v) is 14.2. The Labute approximate surface area is 207 Å². The van der Waals surface area contributed by atoms with E-state index < -0.39 is 11.7 Å². The third kappa shape index (κ3) is 3.99. The molecule has 0 spiro atoms. The Hall–Kier alpha value is -1.19. The number of hydrogen-bond donors (Lipinski definition) is 2. The summed E-state index contributed by atoms with van der Waals surface area (Å²) in [5.74, 6) is 3.88. The predicted molar refractivity (Wildman–Crippen MR) is 138 cm³/mol. The molecule has 5 rings (SSSR count). The lowest BCUT2D eigenvalue weighted by Crippen LogP contribution is -2.52. The standard InChI is InChI=1S/C31H47NO2/c1-5-31(34)17-16-29(3)23(19-31)9-10-24-26-12-11-25(30(26,4)15-14-27(24)29)21(2)8-13-28(33)22-7-6-18-32-20-22/h6-7,9,18,20-21,24-28,33-34H,5,8,10-17,19H2,1-4H3/t21-,24+,25-,26+,27?,28-,29+,30-,31+/m1/s1. The first-order chi connectivity index (χ1) is 16.2. The average Bonchev–Trinajstić information content (AvgIpc) is 3.20. The fourth-order valence-electron chi connectivity index (χ4n) is 9.35. The van der Waals surface area contributed by atoms with E-state index in [1.807, 2.05) is 18.3 Å². The van der Waals surface area contributed by atoms with E-state index in [0.717, 1.165) is 61.3 Å². The third-order valence-electron chi connectivity index (χ3n) is 11.6. The minimum Gasteiger partial charge on any atom is -0.390 e. The largest absolute Gasteiger partial charge is 0.390 e. The number of aliphatic hydroxyl groups is 2. The zero-order chi connectivity index (χ0) is 24.1. The summed E-state index contributed by atoms with van der Waals surface area (Å²) in [5.41, 5.74) is 2.82. The lowest BCUT2D eigenvalue weighted by molar-refractivity contribution is -0.0757. The van der Waals surface area contributed by atoms with Crippen molar-refractivity contribution in [2.45, 2.75) is 110 Å². The van der Waals surface area contributed by atoms with Crippen molar-refractivity contribution in [1.29, 1.82) is 0 Å². The first kappa shape index (κ1) is 24.5. The van der Waals surface area contributed by atoms with Crippen LogP contribution < -0.4 is 0 Å². The molecule has 4 aliphatic carbocycles. The molecule has 0 radical (unpaired) electrons. The van der Waals surface area contributed by atoms with Crippen molar-refractivity contribution in [2.75, 3.05) is 0 Å². The SMILES string of the molecule is CC[C@]1(O)CC[C@@]2(C)C(=CC[C@@H]3C2CC[C@]2(C)[C@@H]([C@H](C)CC[C@@H](O)c4cccnc4)CC[C@@H]32)C1. The second-order valence-corrected chi connectivity index (χ2v) is 13.1. The number of rotatable bonds is 6. The van der Waals surface area contributed by atoms with E-state index in [9.17, 15) is 10.2 Å². The molecule has 0 aliphatic heterocycles. The maximum absolute atomic E-state index is 11.0. The number of aliphatic hydroxyl groups excluding tert-OH is 1. The summed E-state index contributed by atoms with van der Waals surface area (Å²) in [7, 11) is 0. The number of nitrogens with zero attached hydrogens (tertiary/aromatic N) is 1. The molecule has 0 bridgehead atoms. The van der Waals surface area contributed by atoms with Crippen LogP contribution in [0.2, 0.25) is 0 Å². The summed E-state index contributed by atoms with van der Waals surface area (Å²) < 4.78 is 0. The number of allylic oxidation sites excluding steroid dienone is 1. The number of hydrogen-bond acceptors (Lipinski definition) is 3. The van der Waals surface area contributed by atoms with Crippen molar-refractivity contribution in [3.8, 4) is 0 Å². The predicted octanol–water partition coefficient (Wildman–Crippen LogP) is 7.25. The topological polar surface area (TPSA) is 53.4 Å². The lowest BCUT2D eigenvalue weighted by atomic mass is 9.46. The van der Waals surface area contributed by atoms with Gasteiger partial charge in [0.25, 0.3) is 0 Å². The van der Waals surface area contributed by atoms with Crippen LogP contribution in [-0.2, 0) is 0 Å². The molecule has 3 heteroatoms. The molecule has 0 aromatic carbocycles. The van der Waals surface area contributed by atoms with Crippen molar-refractivity contribution in [2.24, 2.45) is 40.4 Å². The van der Waals surface area contributed by atoms with Gasteiger partial charge in [-0.15, -0.1) is 0 Å². The van der Waals surface area contributed by atoms with Gasteiger partial charge >= 0.3 is 0 Å². The normalized spacial score (nSPS) is 43.3. The summed E-state index contributed by atoms with van der Waals surface area (Å²) in [4.78, 5) is 4.18. The van der Waals surface area contributed by atoms with Gasteiger partial charge < -0.3 is 10.2 Å². The van der Waals surface area contributed by atoms with Crippen molar-refractivity contribution in [3.63, 3.8) is 0 Å². The van der Waals surface area contributed by atoms with E-state index in [2.05, 4.69) is 38.8 Å². The van der Waals surface area contributed by atoms with Crippen LogP contribution in [0.15, 0.2) is 36.2 Å². The molecule has 1 unspecified atom stereocenters. The molecule has 1 aromatic rings. The average molecular weight is 466 g/mol. The molecule has 3 nitrogen and oxygen atoms in total. The van der Waals surface area contributed by atoms with Crippen LogP contribution >= 0.6 is 0 Å². The Morgan fingerprint density at radius 2 is 1.91 bits per heavy atom. The Morgan fingerprint density at radius 3 is 2.65 bits per heavy atom. The van der Waals surface area contributed by atoms with Crippen LogP contribution in [0.25, 0.3) is 0 Å². The van der Waals surface area contributed by atoms with Crippen LogP contribution in [0.4, 0.5) is 0 Å². The van der Waals surface area contributed by atoms with Gasteiger partial charge in [-0.2, -0.15) is 0 Å². The van der Waals surface area contributed by atoms with Crippen LogP contribution in [0.1, 0.15) is 110 Å². The second-order valence-electron chi connectivity index (χ2n) is 13.1. The van der Waals surface area contributed by atoms with E-state index in [1.54, 1.807) is 11.8 Å². The quantitative estimate of drug-likeness (QED) is 0.435. The first-order valence-electron chi connectivity index (χ1n) is 14.2. The van der Waals surface area contributed by atoms with Crippen LogP contribution in [-0.4, -0.2) is 20.8 Å². The summed E-state index contributed by atoms with van der Waals surface area (Å²) in [6.07, 6.45) is 18.3. The highest BCUT2D eigenvalue weighted by molar-refractivity contribution is 5.27. The van der Waals surface area contributed by atoms with Gasteiger partial charge in [0.15, 0.2) is 0 Å². The third-order valence-corrected chi connectivity index (χ3v) is 11.6. The van der Waals surface area contributed by atoms with Gasteiger partial charge in [0, 0.05) is 12.4 Å². The Bertz CT molecular complexity index is 898. The minimum absolute atomic E-state index is 0.309. The highest BCUT2D eigenvalue weighted by Gasteiger charge is 2.59. The molecule has 188 valence electrons. The van der Waals surface area contributed by atoms with Crippen LogP contribution in [0.5, 0.6) is 0 Å². The number of aromatic nitrogens is 1. The van der Waals surface area contributed by atoms with E-state index in [0.29, 0.717) is 16.7 Å². The molecule has 3 fully saturated rings. The minimum atomic E-state index is -0.463. The maximum Gasteiger partial charge on any atom is 0.0805 e. The molecule has 2 N–H and O–H groups in total. The smallest absolute Gasteiger partial charge is 0.0805 e. The van der Waals surface area contributed by atoms with E-state index >= 15 is 0 Å². The molecular weight excluding hydrogens is 418 g/mol. The van der Waals surface area contributed by atoms with Crippen LogP contribution in [0.3, 0.4) is 0 Å². The number of pyridine rings is 1. The van der Waals surface area contributed by atoms with E-state index in [1.165, 1.54) is 38.5 Å². The van der Waals surface area contributed by atoms with E-state index in [-0.39, 0.29) is 0 Å². The molecule has 4 aliphatic rings. The van der Waals surface area contributed by atoms with Gasteiger partial charge in [-0.1, -0.05) is 45.4 Å². The highest BCUT2D eigenvalue weighted by atomic mass is 16.3. The second kappa shape index (κ2) is 9.04. The Kier molecular flexibility index (Phi) is 6.51. The van der Waals surface area contributed by atoms with E-state index in [4.69, 9.17) is 0 Å². The van der Waals surface area contributed by atoms with Gasteiger partial charge in [-0.05, 0) is 123 Å². The van der Waals surface area contributed by atoms with Crippen molar-refractivity contribution in [3.05, 3.63) is 41.7 Å². The van der Waals surface area contributed by atoms with Gasteiger partial charge in [0.05, 0.1) is 11.7 Å². The fraction of sp³-hybridized carbons (Fsp3) is 0.774. The maximum atomic E-state index is 11.0. The summed E-state index contributed by atoms with van der Waals surface area (Å²) in [5, 5.41) is 21.7. The van der Waals surface area contributed by atoms with Gasteiger partial charge in [-0.3, -0.25) is 4.98 Å². The molecule has 9 atom stereocenters. The van der Waals surface area contributed by atoms with Crippen molar-refractivity contribution < 1.29 is 10.2 Å². The Morgan fingerprint density at radius 1 is 1.09 bits per heavy atom. The summed E-state index contributed by atoms with van der Waals surface area (Å²) >= 11 is 0. The van der Waals surface area contributed by atoms with Crippen LogP contribution in [0, 0.1) is 40.4 Å². The molecule has 1 heterocycles. The molecule has 0 saturated heterocycles. The van der Waals surface area contributed by atoms with Gasteiger partial charge in [0.2, 0.25) is 0 Å². The molecule has 0 amide bonds. The molecular formula is C31H47NO2. The Balaban J connectivity index is 1.28. The number of fused-ring (bicyclic) bond motifs is 5. The monoisotopic (exact) mass is 465 g/mol. The zero-order valence-electron chi connectivity index (χ0n) is 22.0. The molecule has 1 aromatic heterocycles.